The van der Waals surface area contributed by atoms with Crippen LogP contribution in [0.25, 0.3) is 0 Å². The van der Waals surface area contributed by atoms with Crippen LogP contribution in [0.2, 0.25) is 0 Å². The largest absolute Gasteiger partial charge is 0.367 e. The molecule has 0 saturated carbocycles. The zero-order valence-corrected chi connectivity index (χ0v) is 5.47. The van der Waals surface area contributed by atoms with Gasteiger partial charge < -0.3 is 10.1 Å². The molecular formula is C6H9NO2. The van der Waals surface area contributed by atoms with Gasteiger partial charge in [-0.25, -0.2) is 0 Å². The van der Waals surface area contributed by atoms with Crippen LogP contribution in [-0.2, 0) is 9.53 Å². The van der Waals surface area contributed by atoms with Crippen LogP contribution in [0.3, 0.4) is 0 Å². The number of carbonyl (C=O) groups excluding carboxylic acids is 1. The van der Waals surface area contributed by atoms with E-state index in [-0.39, 0.29) is 12.0 Å². The maximum atomic E-state index is 10.7. The van der Waals surface area contributed by atoms with Crippen LogP contribution in [0, 0.1) is 0 Å². The molecule has 9 heavy (non-hydrogen) atoms. The van der Waals surface area contributed by atoms with Gasteiger partial charge in [-0.1, -0.05) is 0 Å². The van der Waals surface area contributed by atoms with Crippen molar-refractivity contribution in [3.05, 3.63) is 11.8 Å². The van der Waals surface area contributed by atoms with Crippen molar-refractivity contribution in [2.24, 2.45) is 0 Å². The third-order valence-corrected chi connectivity index (χ3v) is 1.33. The molecule has 1 unspecified atom stereocenters. The van der Waals surface area contributed by atoms with Crippen molar-refractivity contribution >= 4 is 5.91 Å². The predicted octanol–water partition coefficient (Wildman–Crippen LogP) is 0.0350. The van der Waals surface area contributed by atoms with Crippen molar-refractivity contribution in [1.82, 2.24) is 5.32 Å². The topological polar surface area (TPSA) is 38.3 Å². The Hall–Kier alpha value is -0.830. The molecule has 1 amide bonds. The molecule has 1 heterocycles. The molecule has 1 atom stereocenters. The minimum absolute atomic E-state index is 0.0741. The van der Waals surface area contributed by atoms with Crippen molar-refractivity contribution in [3.63, 3.8) is 0 Å². The Bertz CT molecular complexity index is 162. The average Bonchev–Trinajstić information content (AvgIpc) is 2.12. The Morgan fingerprint density at radius 1 is 1.78 bits per heavy atom. The number of ether oxygens (including phenoxy) is 1. The first-order valence-corrected chi connectivity index (χ1v) is 2.75. The summed E-state index contributed by atoms with van der Waals surface area (Å²) in [4.78, 5) is 10.7. The van der Waals surface area contributed by atoms with Gasteiger partial charge >= 0.3 is 0 Å². The molecule has 0 radical (unpaired) electrons. The molecule has 1 aliphatic heterocycles. The number of hydrogen-bond donors (Lipinski definition) is 1. The minimum atomic E-state index is -0.356. The standard InChI is InChI=1S/C6H9NO2/c1-4-3-7-6(8)5(4)9-2/h3,5H,1-2H3,(H,7,8). The maximum Gasteiger partial charge on any atom is 0.257 e. The van der Waals surface area contributed by atoms with Crippen molar-refractivity contribution in [3.8, 4) is 0 Å². The van der Waals surface area contributed by atoms with Crippen molar-refractivity contribution in [1.29, 1.82) is 0 Å². The summed E-state index contributed by atoms with van der Waals surface area (Å²) in [6.45, 7) is 1.85. The second-order valence-corrected chi connectivity index (χ2v) is 2.01. The normalized spacial score (nSPS) is 25.8. The maximum absolute atomic E-state index is 10.7. The SMILES string of the molecule is COC1C(=O)NC=C1C. The molecule has 0 saturated heterocycles. The first kappa shape index (κ1) is 6.29. The minimum Gasteiger partial charge on any atom is -0.367 e. The number of methoxy groups -OCH3 is 1. The van der Waals surface area contributed by atoms with Crippen LogP contribution in [0.1, 0.15) is 6.92 Å². The van der Waals surface area contributed by atoms with Gasteiger partial charge in [0.25, 0.3) is 5.91 Å². The first-order chi connectivity index (χ1) is 4.25. The van der Waals surface area contributed by atoms with Crippen molar-refractivity contribution in [2.45, 2.75) is 13.0 Å². The fourth-order valence-corrected chi connectivity index (χ4v) is 0.836. The quantitative estimate of drug-likeness (QED) is 0.540. The molecule has 0 aromatic rings. The van der Waals surface area contributed by atoms with Gasteiger partial charge in [0.05, 0.1) is 0 Å². The highest BCUT2D eigenvalue weighted by Gasteiger charge is 2.23. The Morgan fingerprint density at radius 2 is 2.44 bits per heavy atom. The lowest BCUT2D eigenvalue weighted by Crippen LogP contribution is -2.26. The summed E-state index contributed by atoms with van der Waals surface area (Å²) in [6, 6.07) is 0. The number of rotatable bonds is 1. The fraction of sp³-hybridized carbons (Fsp3) is 0.500. The van der Waals surface area contributed by atoms with Gasteiger partial charge in [-0.2, -0.15) is 0 Å². The summed E-state index contributed by atoms with van der Waals surface area (Å²) in [5.74, 6) is -0.0741. The van der Waals surface area contributed by atoms with Gasteiger partial charge in [-0.3, -0.25) is 4.79 Å². The van der Waals surface area contributed by atoms with Crippen LogP contribution >= 0.6 is 0 Å². The number of hydrogen-bond acceptors (Lipinski definition) is 2. The zero-order chi connectivity index (χ0) is 6.85. The molecule has 0 aromatic heterocycles. The van der Waals surface area contributed by atoms with Gasteiger partial charge in [-0.05, 0) is 12.5 Å². The van der Waals surface area contributed by atoms with Crippen molar-refractivity contribution in [2.75, 3.05) is 7.11 Å². The van der Waals surface area contributed by atoms with E-state index in [1.54, 1.807) is 6.20 Å². The molecule has 0 bridgehead atoms. The van der Waals surface area contributed by atoms with Crippen LogP contribution in [-0.4, -0.2) is 19.1 Å². The van der Waals surface area contributed by atoms with E-state index >= 15 is 0 Å². The Labute approximate surface area is 53.7 Å². The smallest absolute Gasteiger partial charge is 0.257 e. The summed E-state index contributed by atoms with van der Waals surface area (Å²) in [5.41, 5.74) is 0.933. The van der Waals surface area contributed by atoms with Crippen LogP contribution in [0.4, 0.5) is 0 Å². The van der Waals surface area contributed by atoms with Gasteiger partial charge in [0.15, 0.2) is 6.10 Å². The van der Waals surface area contributed by atoms with Gasteiger partial charge in [0.1, 0.15) is 0 Å². The lowest BCUT2D eigenvalue weighted by molar-refractivity contribution is -0.126. The van der Waals surface area contributed by atoms with Gasteiger partial charge in [0.2, 0.25) is 0 Å². The van der Waals surface area contributed by atoms with Crippen molar-refractivity contribution < 1.29 is 9.53 Å². The van der Waals surface area contributed by atoms with Gasteiger partial charge in [-0.15, -0.1) is 0 Å². The summed E-state index contributed by atoms with van der Waals surface area (Å²) in [7, 11) is 1.52. The first-order valence-electron chi connectivity index (χ1n) is 2.75. The number of nitrogens with one attached hydrogen (secondary N) is 1. The highest BCUT2D eigenvalue weighted by atomic mass is 16.5. The van der Waals surface area contributed by atoms with E-state index in [1.807, 2.05) is 6.92 Å². The molecule has 3 nitrogen and oxygen atoms in total. The Balaban J connectivity index is 2.67. The summed E-state index contributed by atoms with van der Waals surface area (Å²) >= 11 is 0. The van der Waals surface area contributed by atoms with E-state index in [1.165, 1.54) is 7.11 Å². The van der Waals surface area contributed by atoms with E-state index in [2.05, 4.69) is 5.32 Å². The summed E-state index contributed by atoms with van der Waals surface area (Å²) in [6.07, 6.45) is 1.31. The molecule has 0 aromatic carbocycles. The Morgan fingerprint density at radius 3 is 2.67 bits per heavy atom. The lowest BCUT2D eigenvalue weighted by atomic mass is 10.2. The second kappa shape index (κ2) is 2.19. The van der Waals surface area contributed by atoms with E-state index < -0.39 is 0 Å². The van der Waals surface area contributed by atoms with Crippen LogP contribution in [0.5, 0.6) is 0 Å². The molecular weight excluding hydrogens is 118 g/mol. The van der Waals surface area contributed by atoms with Gasteiger partial charge in [0, 0.05) is 13.3 Å². The van der Waals surface area contributed by atoms with E-state index in [0.717, 1.165) is 5.57 Å². The lowest BCUT2D eigenvalue weighted by Gasteiger charge is -2.04. The third-order valence-electron chi connectivity index (χ3n) is 1.33. The summed E-state index contributed by atoms with van der Waals surface area (Å²) < 4.78 is 4.86. The number of amides is 1. The van der Waals surface area contributed by atoms with E-state index in [9.17, 15) is 4.79 Å². The third kappa shape index (κ3) is 0.954. The molecule has 0 aliphatic carbocycles. The predicted molar refractivity (Wildman–Crippen MR) is 32.7 cm³/mol. The average molecular weight is 127 g/mol. The van der Waals surface area contributed by atoms with Crippen LogP contribution < -0.4 is 5.32 Å². The number of carbonyl (C=O) groups is 1. The fourth-order valence-electron chi connectivity index (χ4n) is 0.836. The second-order valence-electron chi connectivity index (χ2n) is 2.01. The molecule has 3 heteroatoms. The molecule has 0 fully saturated rings. The highest BCUT2D eigenvalue weighted by Crippen LogP contribution is 2.09. The molecule has 1 N–H and O–H groups in total. The molecule has 50 valence electrons. The molecule has 1 rings (SSSR count). The van der Waals surface area contributed by atoms with E-state index in [0.29, 0.717) is 0 Å². The van der Waals surface area contributed by atoms with E-state index in [4.69, 9.17) is 4.74 Å². The summed E-state index contributed by atoms with van der Waals surface area (Å²) in [5, 5.41) is 2.54. The highest BCUT2D eigenvalue weighted by molar-refractivity contribution is 5.87. The Kier molecular flexibility index (Phi) is 1.53. The van der Waals surface area contributed by atoms with Crippen LogP contribution in [0.15, 0.2) is 11.8 Å². The molecule has 1 aliphatic rings. The molecule has 0 spiro atoms. The zero-order valence-electron chi connectivity index (χ0n) is 5.47. The monoisotopic (exact) mass is 127 g/mol.